The minimum absolute atomic E-state index is 0.0431. The van der Waals surface area contributed by atoms with Crippen molar-refractivity contribution in [2.75, 3.05) is 0 Å². The third-order valence-electron chi connectivity index (χ3n) is 2.83. The van der Waals surface area contributed by atoms with Gasteiger partial charge < -0.3 is 11.1 Å². The molecule has 0 spiro atoms. The van der Waals surface area contributed by atoms with Crippen molar-refractivity contribution < 1.29 is 9.59 Å². The van der Waals surface area contributed by atoms with Gasteiger partial charge in [-0.1, -0.05) is 29.3 Å². The maximum Gasteiger partial charge on any atom is 0.220 e. The molecule has 0 saturated carbocycles. The molecule has 19 heavy (non-hydrogen) atoms. The summed E-state index contributed by atoms with van der Waals surface area (Å²) >= 11 is 0. The molecule has 1 rings (SSSR count). The number of amides is 2. The number of rotatable bonds is 6. The van der Waals surface area contributed by atoms with Gasteiger partial charge in [0.25, 0.3) is 0 Å². The highest BCUT2D eigenvalue weighted by molar-refractivity contribution is 5.82. The second-order valence-corrected chi connectivity index (χ2v) is 5.13. The number of hydrogen-bond donors (Lipinski definition) is 2. The summed E-state index contributed by atoms with van der Waals surface area (Å²) in [6.45, 7) is 6.08. The lowest BCUT2D eigenvalue weighted by Gasteiger charge is -2.14. The number of benzene rings is 1. The van der Waals surface area contributed by atoms with Gasteiger partial charge in [0.05, 0.1) is 0 Å². The van der Waals surface area contributed by atoms with Crippen molar-refractivity contribution in [3.8, 4) is 0 Å². The van der Waals surface area contributed by atoms with Crippen LogP contribution >= 0.6 is 0 Å². The fourth-order valence-corrected chi connectivity index (χ4v) is 2.18. The van der Waals surface area contributed by atoms with Gasteiger partial charge in [0.2, 0.25) is 11.8 Å². The summed E-state index contributed by atoms with van der Waals surface area (Å²) in [6, 6.07) is 6.42. The second-order valence-electron chi connectivity index (χ2n) is 5.13. The number of primary amides is 1. The monoisotopic (exact) mass is 262 g/mol. The Kier molecular flexibility index (Phi) is 5.55. The molecule has 0 radical (unpaired) electrons. The van der Waals surface area contributed by atoms with Crippen molar-refractivity contribution in [2.45, 2.75) is 46.1 Å². The standard InChI is InChI=1S/C15H22N2O2/c1-10-6-11(2)8-13(7-10)9-12(3)17-15(19)5-4-14(16)18/h6-8,12H,4-5,9H2,1-3H3,(H2,16,18)(H,17,19). The molecule has 1 atom stereocenters. The molecule has 3 N–H and O–H groups in total. The summed E-state index contributed by atoms with van der Waals surface area (Å²) in [4.78, 5) is 22.2. The molecule has 0 aliphatic rings. The van der Waals surface area contributed by atoms with Crippen molar-refractivity contribution >= 4 is 11.8 Å². The van der Waals surface area contributed by atoms with Gasteiger partial charge in [-0.2, -0.15) is 0 Å². The van der Waals surface area contributed by atoms with Gasteiger partial charge in [-0.3, -0.25) is 9.59 Å². The average Bonchev–Trinajstić information content (AvgIpc) is 2.24. The Hall–Kier alpha value is -1.84. The molecule has 0 fully saturated rings. The van der Waals surface area contributed by atoms with Gasteiger partial charge in [0.15, 0.2) is 0 Å². The largest absolute Gasteiger partial charge is 0.370 e. The predicted molar refractivity (Wildman–Crippen MR) is 75.7 cm³/mol. The van der Waals surface area contributed by atoms with Crippen LogP contribution in [-0.2, 0) is 16.0 Å². The maximum atomic E-state index is 11.6. The minimum Gasteiger partial charge on any atom is -0.370 e. The third kappa shape index (κ3) is 6.04. The fraction of sp³-hybridized carbons (Fsp3) is 0.467. The van der Waals surface area contributed by atoms with E-state index in [-0.39, 0.29) is 24.8 Å². The van der Waals surface area contributed by atoms with Gasteiger partial charge in [-0.25, -0.2) is 0 Å². The van der Waals surface area contributed by atoms with Crippen molar-refractivity contribution in [3.63, 3.8) is 0 Å². The van der Waals surface area contributed by atoms with Crippen LogP contribution in [0.25, 0.3) is 0 Å². The van der Waals surface area contributed by atoms with E-state index < -0.39 is 5.91 Å². The van der Waals surface area contributed by atoms with Crippen LogP contribution in [0, 0.1) is 13.8 Å². The Morgan fingerprint density at radius 3 is 2.26 bits per heavy atom. The van der Waals surface area contributed by atoms with Crippen LogP contribution in [0.3, 0.4) is 0 Å². The first-order valence-electron chi connectivity index (χ1n) is 6.51. The lowest BCUT2D eigenvalue weighted by atomic mass is 10.0. The highest BCUT2D eigenvalue weighted by Gasteiger charge is 2.09. The van der Waals surface area contributed by atoms with E-state index in [2.05, 4.69) is 37.4 Å². The Morgan fingerprint density at radius 2 is 1.74 bits per heavy atom. The first-order valence-corrected chi connectivity index (χ1v) is 6.51. The minimum atomic E-state index is -0.447. The van der Waals surface area contributed by atoms with E-state index >= 15 is 0 Å². The summed E-state index contributed by atoms with van der Waals surface area (Å²) in [6.07, 6.45) is 1.04. The van der Waals surface area contributed by atoms with Crippen LogP contribution < -0.4 is 11.1 Å². The van der Waals surface area contributed by atoms with E-state index in [1.807, 2.05) is 6.92 Å². The highest BCUT2D eigenvalue weighted by Crippen LogP contribution is 2.11. The number of carbonyl (C=O) groups is 2. The lowest BCUT2D eigenvalue weighted by Crippen LogP contribution is -2.34. The molecule has 2 amide bonds. The van der Waals surface area contributed by atoms with Crippen molar-refractivity contribution in [2.24, 2.45) is 5.73 Å². The molecule has 4 nitrogen and oxygen atoms in total. The highest BCUT2D eigenvalue weighted by atomic mass is 16.2. The van der Waals surface area contributed by atoms with E-state index in [4.69, 9.17) is 5.73 Å². The smallest absolute Gasteiger partial charge is 0.220 e. The molecule has 0 aromatic heterocycles. The first kappa shape index (κ1) is 15.2. The summed E-state index contributed by atoms with van der Waals surface area (Å²) in [7, 11) is 0. The Labute approximate surface area is 114 Å². The zero-order valence-corrected chi connectivity index (χ0v) is 11.8. The first-order chi connectivity index (χ1) is 8.86. The van der Waals surface area contributed by atoms with Gasteiger partial charge in [0.1, 0.15) is 0 Å². The normalized spacial score (nSPS) is 11.9. The summed E-state index contributed by atoms with van der Waals surface area (Å²) < 4.78 is 0. The number of nitrogens with one attached hydrogen (secondary N) is 1. The maximum absolute atomic E-state index is 11.6. The van der Waals surface area contributed by atoms with Crippen LogP contribution in [0.15, 0.2) is 18.2 Å². The number of carbonyl (C=O) groups excluding carboxylic acids is 2. The predicted octanol–water partition coefficient (Wildman–Crippen LogP) is 1.62. The quantitative estimate of drug-likeness (QED) is 0.817. The molecule has 0 aliphatic heterocycles. The Morgan fingerprint density at radius 1 is 1.16 bits per heavy atom. The van der Waals surface area contributed by atoms with E-state index in [1.165, 1.54) is 16.7 Å². The van der Waals surface area contributed by atoms with Gasteiger partial charge in [0, 0.05) is 18.9 Å². The summed E-state index contributed by atoms with van der Waals surface area (Å²) in [5.41, 5.74) is 8.67. The number of aryl methyl sites for hydroxylation is 2. The van der Waals surface area contributed by atoms with Crippen LogP contribution in [-0.4, -0.2) is 17.9 Å². The van der Waals surface area contributed by atoms with Crippen molar-refractivity contribution in [3.05, 3.63) is 34.9 Å². The SMILES string of the molecule is Cc1cc(C)cc(CC(C)NC(=O)CCC(N)=O)c1. The Balaban J connectivity index is 2.48. The topological polar surface area (TPSA) is 72.2 Å². The molecule has 4 heteroatoms. The molecular weight excluding hydrogens is 240 g/mol. The van der Waals surface area contributed by atoms with Crippen LogP contribution in [0.1, 0.15) is 36.5 Å². The zero-order chi connectivity index (χ0) is 14.4. The fourth-order valence-electron chi connectivity index (χ4n) is 2.18. The molecule has 104 valence electrons. The van der Waals surface area contributed by atoms with E-state index in [0.717, 1.165) is 6.42 Å². The van der Waals surface area contributed by atoms with E-state index in [9.17, 15) is 9.59 Å². The third-order valence-corrected chi connectivity index (χ3v) is 2.83. The van der Waals surface area contributed by atoms with E-state index in [1.54, 1.807) is 0 Å². The molecule has 0 saturated heterocycles. The zero-order valence-electron chi connectivity index (χ0n) is 11.8. The van der Waals surface area contributed by atoms with Gasteiger partial charge in [-0.15, -0.1) is 0 Å². The molecular formula is C15H22N2O2. The molecule has 1 unspecified atom stereocenters. The molecule has 0 bridgehead atoms. The van der Waals surface area contributed by atoms with Crippen LogP contribution in [0.2, 0.25) is 0 Å². The average molecular weight is 262 g/mol. The second kappa shape index (κ2) is 6.92. The van der Waals surface area contributed by atoms with Crippen LogP contribution in [0.5, 0.6) is 0 Å². The van der Waals surface area contributed by atoms with Gasteiger partial charge in [-0.05, 0) is 32.8 Å². The van der Waals surface area contributed by atoms with E-state index in [0.29, 0.717) is 0 Å². The molecule has 0 heterocycles. The number of hydrogen-bond acceptors (Lipinski definition) is 2. The van der Waals surface area contributed by atoms with Gasteiger partial charge >= 0.3 is 0 Å². The molecule has 1 aromatic carbocycles. The summed E-state index contributed by atoms with van der Waals surface area (Å²) in [5.74, 6) is -0.576. The molecule has 0 aliphatic carbocycles. The van der Waals surface area contributed by atoms with Crippen LogP contribution in [0.4, 0.5) is 0 Å². The lowest BCUT2D eigenvalue weighted by molar-refractivity contribution is -0.125. The molecule has 1 aromatic rings. The Bertz CT molecular complexity index is 449. The van der Waals surface area contributed by atoms with Crippen molar-refractivity contribution in [1.82, 2.24) is 5.32 Å². The van der Waals surface area contributed by atoms with Crippen molar-refractivity contribution in [1.29, 1.82) is 0 Å². The summed E-state index contributed by atoms with van der Waals surface area (Å²) in [5, 5.41) is 2.88. The number of nitrogens with two attached hydrogens (primary N) is 1.